The van der Waals surface area contributed by atoms with Crippen LogP contribution in [0.1, 0.15) is 11.1 Å². The molecule has 314 valence electrons. The molecule has 0 bridgehead atoms. The van der Waals surface area contributed by atoms with Gasteiger partial charge in [-0.05, 0) is 167 Å². The standard InChI is InChI=1S/C65H44N2/c1-5-15-50-39-57(33-21-44(50)11-1)66(58-34-22-45-12-2-6-16-51(45)40-58)55-29-25-48(26-30-55)62-37-38-63-61-20-10-9-19-54(61)43-64(63)65(62)49-27-31-56(32-28-49)67(59-35-23-46-13-3-7-17-52(46)41-59)60-36-24-47-14-4-8-18-53(47)42-60/h1-42H,43H2. The minimum Gasteiger partial charge on any atom is -0.310 e. The molecule has 0 radical (unpaired) electrons. The van der Waals surface area contributed by atoms with E-state index >= 15 is 0 Å². The van der Waals surface area contributed by atoms with Gasteiger partial charge in [0, 0.05) is 34.1 Å². The molecular formula is C65H44N2. The summed E-state index contributed by atoms with van der Waals surface area (Å²) in [6, 6.07) is 93.7. The van der Waals surface area contributed by atoms with Crippen LogP contribution in [-0.4, -0.2) is 0 Å². The highest BCUT2D eigenvalue weighted by atomic mass is 15.1. The van der Waals surface area contributed by atoms with E-state index in [0.717, 1.165) is 40.5 Å². The second-order valence-corrected chi connectivity index (χ2v) is 17.7. The molecule has 1 aliphatic rings. The number of anilines is 6. The first-order valence-corrected chi connectivity index (χ1v) is 23.2. The van der Waals surface area contributed by atoms with Crippen molar-refractivity contribution in [3.63, 3.8) is 0 Å². The highest BCUT2D eigenvalue weighted by Crippen LogP contribution is 2.48. The third-order valence-electron chi connectivity index (χ3n) is 13.8. The highest BCUT2D eigenvalue weighted by Gasteiger charge is 2.25. The van der Waals surface area contributed by atoms with E-state index in [1.165, 1.54) is 87.6 Å². The molecule has 12 aromatic rings. The van der Waals surface area contributed by atoms with Gasteiger partial charge in [0.25, 0.3) is 0 Å². The van der Waals surface area contributed by atoms with Gasteiger partial charge in [-0.3, -0.25) is 0 Å². The fraction of sp³-hybridized carbons (Fsp3) is 0.0154. The highest BCUT2D eigenvalue weighted by molar-refractivity contribution is 5.97. The van der Waals surface area contributed by atoms with Crippen LogP contribution in [0.3, 0.4) is 0 Å². The molecule has 0 aliphatic heterocycles. The van der Waals surface area contributed by atoms with Crippen molar-refractivity contribution in [3.05, 3.63) is 266 Å². The Kier molecular flexibility index (Phi) is 9.28. The molecule has 0 N–H and O–H groups in total. The van der Waals surface area contributed by atoms with Gasteiger partial charge in [-0.2, -0.15) is 0 Å². The molecule has 0 fully saturated rings. The van der Waals surface area contributed by atoms with Gasteiger partial charge in [0.1, 0.15) is 0 Å². The summed E-state index contributed by atoms with van der Waals surface area (Å²) in [7, 11) is 0. The molecule has 0 saturated carbocycles. The first-order chi connectivity index (χ1) is 33.2. The van der Waals surface area contributed by atoms with Gasteiger partial charge in [-0.15, -0.1) is 0 Å². The lowest BCUT2D eigenvalue weighted by atomic mass is 9.87. The van der Waals surface area contributed by atoms with Crippen LogP contribution in [0.5, 0.6) is 0 Å². The van der Waals surface area contributed by atoms with Crippen molar-refractivity contribution >= 4 is 77.2 Å². The molecule has 0 aromatic heterocycles. The molecule has 12 aromatic carbocycles. The van der Waals surface area contributed by atoms with E-state index in [4.69, 9.17) is 0 Å². The van der Waals surface area contributed by atoms with Crippen molar-refractivity contribution < 1.29 is 0 Å². The van der Waals surface area contributed by atoms with Crippen molar-refractivity contribution in [1.29, 1.82) is 0 Å². The summed E-state index contributed by atoms with van der Waals surface area (Å²) in [4.78, 5) is 4.78. The monoisotopic (exact) mass is 852 g/mol. The van der Waals surface area contributed by atoms with Crippen molar-refractivity contribution in [3.8, 4) is 33.4 Å². The predicted octanol–water partition coefficient (Wildman–Crippen LogP) is 18.1. The Hall–Kier alpha value is -8.72. The Morgan fingerprint density at radius 1 is 0.239 bits per heavy atom. The Bertz CT molecular complexity index is 3690. The maximum absolute atomic E-state index is 2.39. The van der Waals surface area contributed by atoms with E-state index < -0.39 is 0 Å². The van der Waals surface area contributed by atoms with E-state index in [2.05, 4.69) is 265 Å². The Morgan fingerprint density at radius 3 is 1.01 bits per heavy atom. The summed E-state index contributed by atoms with van der Waals surface area (Å²) in [5.41, 5.74) is 17.0. The van der Waals surface area contributed by atoms with Gasteiger partial charge in [0.05, 0.1) is 0 Å². The third-order valence-corrected chi connectivity index (χ3v) is 13.8. The lowest BCUT2D eigenvalue weighted by molar-refractivity contribution is 1.26. The zero-order chi connectivity index (χ0) is 44.3. The molecule has 2 heteroatoms. The summed E-state index contributed by atoms with van der Waals surface area (Å²) in [5, 5.41) is 9.79. The van der Waals surface area contributed by atoms with E-state index in [-0.39, 0.29) is 0 Å². The molecule has 2 nitrogen and oxygen atoms in total. The van der Waals surface area contributed by atoms with Crippen LogP contribution >= 0.6 is 0 Å². The predicted molar refractivity (Wildman–Crippen MR) is 285 cm³/mol. The van der Waals surface area contributed by atoms with Gasteiger partial charge >= 0.3 is 0 Å². The van der Waals surface area contributed by atoms with Crippen molar-refractivity contribution in [1.82, 2.24) is 0 Å². The van der Waals surface area contributed by atoms with Crippen LogP contribution in [0.15, 0.2) is 255 Å². The van der Waals surface area contributed by atoms with Gasteiger partial charge in [-0.25, -0.2) is 0 Å². The molecule has 0 atom stereocenters. The van der Waals surface area contributed by atoms with Gasteiger partial charge in [0.15, 0.2) is 0 Å². The Morgan fingerprint density at radius 2 is 0.582 bits per heavy atom. The second-order valence-electron chi connectivity index (χ2n) is 17.7. The van der Waals surface area contributed by atoms with Gasteiger partial charge < -0.3 is 9.80 Å². The van der Waals surface area contributed by atoms with Crippen LogP contribution in [0, 0.1) is 0 Å². The lowest BCUT2D eigenvalue weighted by Crippen LogP contribution is -2.10. The Labute approximate surface area is 390 Å². The zero-order valence-electron chi connectivity index (χ0n) is 36.9. The Balaban J connectivity index is 0.932. The first-order valence-electron chi connectivity index (χ1n) is 23.2. The van der Waals surface area contributed by atoms with Gasteiger partial charge in [-0.1, -0.05) is 182 Å². The fourth-order valence-electron chi connectivity index (χ4n) is 10.5. The van der Waals surface area contributed by atoms with Crippen LogP contribution in [0.4, 0.5) is 34.1 Å². The normalized spacial score (nSPS) is 11.8. The largest absolute Gasteiger partial charge is 0.310 e. The minimum atomic E-state index is 0.895. The minimum absolute atomic E-state index is 0.895. The number of hydrogen-bond donors (Lipinski definition) is 0. The van der Waals surface area contributed by atoms with Crippen LogP contribution in [0.2, 0.25) is 0 Å². The molecule has 1 aliphatic carbocycles. The maximum Gasteiger partial charge on any atom is 0.0468 e. The topological polar surface area (TPSA) is 6.48 Å². The first kappa shape index (κ1) is 38.7. The van der Waals surface area contributed by atoms with Crippen molar-refractivity contribution in [2.45, 2.75) is 6.42 Å². The van der Waals surface area contributed by atoms with Crippen LogP contribution in [0.25, 0.3) is 76.5 Å². The molecule has 67 heavy (non-hydrogen) atoms. The summed E-state index contributed by atoms with van der Waals surface area (Å²) in [6.07, 6.45) is 0.895. The van der Waals surface area contributed by atoms with Crippen LogP contribution < -0.4 is 9.80 Å². The number of nitrogens with zero attached hydrogens (tertiary/aromatic N) is 2. The van der Waals surface area contributed by atoms with E-state index in [1.54, 1.807) is 0 Å². The quantitative estimate of drug-likeness (QED) is 0.150. The zero-order valence-corrected chi connectivity index (χ0v) is 36.9. The smallest absolute Gasteiger partial charge is 0.0468 e. The molecule has 0 unspecified atom stereocenters. The molecule has 0 saturated heterocycles. The van der Waals surface area contributed by atoms with E-state index in [9.17, 15) is 0 Å². The number of fused-ring (bicyclic) bond motifs is 7. The van der Waals surface area contributed by atoms with E-state index in [1.807, 2.05) is 0 Å². The van der Waals surface area contributed by atoms with Gasteiger partial charge in [0.2, 0.25) is 0 Å². The average molecular weight is 853 g/mol. The third kappa shape index (κ3) is 6.90. The van der Waals surface area contributed by atoms with Crippen LogP contribution in [-0.2, 0) is 6.42 Å². The summed E-state index contributed by atoms with van der Waals surface area (Å²) in [5.74, 6) is 0. The fourth-order valence-corrected chi connectivity index (χ4v) is 10.5. The maximum atomic E-state index is 2.39. The summed E-state index contributed by atoms with van der Waals surface area (Å²) < 4.78 is 0. The summed E-state index contributed by atoms with van der Waals surface area (Å²) in [6.45, 7) is 0. The number of benzene rings is 12. The second kappa shape index (κ2) is 16.1. The molecule has 0 heterocycles. The van der Waals surface area contributed by atoms with Crippen molar-refractivity contribution in [2.24, 2.45) is 0 Å². The number of hydrogen-bond acceptors (Lipinski definition) is 2. The lowest BCUT2D eigenvalue weighted by Gasteiger charge is -2.27. The molecule has 13 rings (SSSR count). The number of rotatable bonds is 8. The molecule has 0 amide bonds. The average Bonchev–Trinajstić information content (AvgIpc) is 3.78. The SMILES string of the molecule is c1ccc2c(c1)Cc1c-2ccc(-c2ccc(N(c3ccc4ccccc4c3)c3ccc4ccccc4c3)cc2)c1-c1ccc(N(c2ccc3ccccc3c2)c2ccc3ccccc3c2)cc1. The summed E-state index contributed by atoms with van der Waals surface area (Å²) >= 11 is 0. The van der Waals surface area contributed by atoms with E-state index in [0.29, 0.717) is 0 Å². The molecular weight excluding hydrogens is 809 g/mol. The molecule has 0 spiro atoms. The van der Waals surface area contributed by atoms with Crippen molar-refractivity contribution in [2.75, 3.05) is 9.80 Å².